The molecule has 0 bridgehead atoms. The maximum absolute atomic E-state index is 12.0. The van der Waals surface area contributed by atoms with E-state index in [0.29, 0.717) is 17.6 Å². The first-order valence-electron chi connectivity index (χ1n) is 7.64. The van der Waals surface area contributed by atoms with Gasteiger partial charge in [0.05, 0.1) is 6.54 Å². The molecule has 0 saturated carbocycles. The number of carbonyl (C=O) groups excluding carboxylic acids is 1. The number of aromatic nitrogens is 3. The van der Waals surface area contributed by atoms with Crippen molar-refractivity contribution in [1.29, 1.82) is 0 Å². The quantitative estimate of drug-likeness (QED) is 0.836. The fraction of sp³-hybridized carbons (Fsp3) is 0.467. The molecule has 1 aliphatic heterocycles. The van der Waals surface area contributed by atoms with Crippen molar-refractivity contribution in [2.24, 2.45) is 5.92 Å². The van der Waals surface area contributed by atoms with Gasteiger partial charge in [0.2, 0.25) is 11.0 Å². The van der Waals surface area contributed by atoms with E-state index in [0.717, 1.165) is 31.9 Å². The van der Waals surface area contributed by atoms with Crippen LogP contribution in [-0.4, -0.2) is 52.2 Å². The van der Waals surface area contributed by atoms with Crippen molar-refractivity contribution < 1.29 is 4.79 Å². The molecule has 3 heterocycles. The first-order valence-corrected chi connectivity index (χ1v) is 8.52. The average Bonchev–Trinajstić information content (AvgIpc) is 3.17. The van der Waals surface area contributed by atoms with Crippen molar-refractivity contribution >= 4 is 28.2 Å². The molecule has 122 valence electrons. The first kappa shape index (κ1) is 15.8. The number of nitrogens with one attached hydrogen (secondary N) is 2. The summed E-state index contributed by atoms with van der Waals surface area (Å²) in [4.78, 5) is 18.4. The van der Waals surface area contributed by atoms with Gasteiger partial charge >= 0.3 is 0 Å². The van der Waals surface area contributed by atoms with Gasteiger partial charge in [-0.2, -0.15) is 0 Å². The molecule has 0 aliphatic carbocycles. The van der Waals surface area contributed by atoms with E-state index in [1.165, 1.54) is 16.9 Å². The Hall–Kier alpha value is -2.06. The van der Waals surface area contributed by atoms with Gasteiger partial charge in [0.25, 0.3) is 0 Å². The van der Waals surface area contributed by atoms with Gasteiger partial charge in [0.1, 0.15) is 11.3 Å². The van der Waals surface area contributed by atoms with Crippen molar-refractivity contribution in [1.82, 2.24) is 20.1 Å². The van der Waals surface area contributed by atoms with Crippen LogP contribution in [0, 0.1) is 12.8 Å². The van der Waals surface area contributed by atoms with Gasteiger partial charge in [0.15, 0.2) is 0 Å². The SMILES string of the molecule is Cc1ccnc(NCC2CCN(CC(=O)Nc3nncs3)C2)c1. The van der Waals surface area contributed by atoms with Gasteiger partial charge in [-0.3, -0.25) is 15.0 Å². The summed E-state index contributed by atoms with van der Waals surface area (Å²) in [6.45, 7) is 5.20. The summed E-state index contributed by atoms with van der Waals surface area (Å²) in [6, 6.07) is 4.03. The van der Waals surface area contributed by atoms with E-state index in [2.05, 4.69) is 37.6 Å². The number of amides is 1. The molecular formula is C15H20N6OS. The van der Waals surface area contributed by atoms with Gasteiger partial charge in [-0.1, -0.05) is 11.3 Å². The lowest BCUT2D eigenvalue weighted by molar-refractivity contribution is -0.117. The van der Waals surface area contributed by atoms with E-state index < -0.39 is 0 Å². The molecule has 1 amide bonds. The molecule has 0 spiro atoms. The number of nitrogens with zero attached hydrogens (tertiary/aromatic N) is 4. The number of rotatable bonds is 6. The molecule has 2 N–H and O–H groups in total. The second-order valence-electron chi connectivity index (χ2n) is 5.78. The predicted molar refractivity (Wildman–Crippen MR) is 90.5 cm³/mol. The second kappa shape index (κ2) is 7.47. The molecule has 1 saturated heterocycles. The molecule has 8 heteroatoms. The van der Waals surface area contributed by atoms with Crippen molar-refractivity contribution in [3.8, 4) is 0 Å². The number of anilines is 2. The minimum Gasteiger partial charge on any atom is -0.370 e. The Labute approximate surface area is 139 Å². The highest BCUT2D eigenvalue weighted by molar-refractivity contribution is 7.13. The first-order chi connectivity index (χ1) is 11.2. The van der Waals surface area contributed by atoms with E-state index in [9.17, 15) is 4.79 Å². The van der Waals surface area contributed by atoms with Gasteiger partial charge < -0.3 is 5.32 Å². The Balaban J connectivity index is 1.40. The maximum Gasteiger partial charge on any atom is 0.240 e. The lowest BCUT2D eigenvalue weighted by Crippen LogP contribution is -2.32. The zero-order valence-corrected chi connectivity index (χ0v) is 13.8. The predicted octanol–water partition coefficient (Wildman–Crippen LogP) is 1.61. The molecular weight excluding hydrogens is 312 g/mol. The van der Waals surface area contributed by atoms with E-state index in [1.807, 2.05) is 18.3 Å². The second-order valence-corrected chi connectivity index (χ2v) is 6.61. The van der Waals surface area contributed by atoms with Crippen molar-refractivity contribution in [3.63, 3.8) is 0 Å². The van der Waals surface area contributed by atoms with E-state index in [1.54, 1.807) is 5.51 Å². The molecule has 3 rings (SSSR count). The summed E-state index contributed by atoms with van der Waals surface area (Å²) in [5.41, 5.74) is 2.80. The van der Waals surface area contributed by atoms with Crippen LogP contribution in [0.15, 0.2) is 23.8 Å². The molecule has 1 unspecified atom stereocenters. The standard InChI is InChI=1S/C15H20N6OS/c1-11-2-4-16-13(6-11)17-7-12-3-5-21(8-12)9-14(22)19-15-20-18-10-23-15/h2,4,6,10,12H,3,5,7-9H2,1H3,(H,16,17)(H,19,20,22). The van der Waals surface area contributed by atoms with Crippen LogP contribution in [0.4, 0.5) is 10.9 Å². The Morgan fingerprint density at radius 2 is 2.43 bits per heavy atom. The summed E-state index contributed by atoms with van der Waals surface area (Å²) in [6.07, 6.45) is 2.90. The van der Waals surface area contributed by atoms with Crippen LogP contribution in [0.2, 0.25) is 0 Å². The van der Waals surface area contributed by atoms with Gasteiger partial charge in [-0.25, -0.2) is 4.98 Å². The van der Waals surface area contributed by atoms with Crippen LogP contribution in [0.25, 0.3) is 0 Å². The fourth-order valence-corrected chi connectivity index (χ4v) is 3.16. The normalized spacial score (nSPS) is 18.0. The van der Waals surface area contributed by atoms with Crippen LogP contribution in [0.5, 0.6) is 0 Å². The number of pyridine rings is 1. The molecule has 23 heavy (non-hydrogen) atoms. The number of hydrogen-bond donors (Lipinski definition) is 2. The smallest absolute Gasteiger partial charge is 0.240 e. The molecule has 2 aromatic heterocycles. The summed E-state index contributed by atoms with van der Waals surface area (Å²) in [7, 11) is 0. The van der Waals surface area contributed by atoms with Crippen LogP contribution in [0.1, 0.15) is 12.0 Å². The average molecular weight is 332 g/mol. The Kier molecular flexibility index (Phi) is 5.14. The molecule has 1 aliphatic rings. The zero-order chi connectivity index (χ0) is 16.1. The summed E-state index contributed by atoms with van der Waals surface area (Å²) >= 11 is 1.33. The maximum atomic E-state index is 12.0. The molecule has 0 radical (unpaired) electrons. The Morgan fingerprint density at radius 1 is 1.52 bits per heavy atom. The Bertz CT molecular complexity index is 647. The zero-order valence-electron chi connectivity index (χ0n) is 13.0. The third-order valence-electron chi connectivity index (χ3n) is 3.83. The molecule has 1 atom stereocenters. The van der Waals surface area contributed by atoms with Gasteiger partial charge in [0, 0.05) is 19.3 Å². The topological polar surface area (TPSA) is 83.0 Å². The minimum atomic E-state index is -0.0317. The van der Waals surface area contributed by atoms with E-state index in [-0.39, 0.29) is 5.91 Å². The monoisotopic (exact) mass is 332 g/mol. The third kappa shape index (κ3) is 4.70. The third-order valence-corrected chi connectivity index (χ3v) is 4.44. The Morgan fingerprint density at radius 3 is 3.22 bits per heavy atom. The highest BCUT2D eigenvalue weighted by atomic mass is 32.1. The van der Waals surface area contributed by atoms with Crippen LogP contribution >= 0.6 is 11.3 Å². The van der Waals surface area contributed by atoms with Crippen molar-refractivity contribution in [2.45, 2.75) is 13.3 Å². The molecule has 7 nitrogen and oxygen atoms in total. The minimum absolute atomic E-state index is 0.0317. The molecule has 1 fully saturated rings. The number of aryl methyl sites for hydroxylation is 1. The largest absolute Gasteiger partial charge is 0.370 e. The highest BCUT2D eigenvalue weighted by Gasteiger charge is 2.24. The lowest BCUT2D eigenvalue weighted by Gasteiger charge is -2.15. The molecule has 0 aromatic carbocycles. The van der Waals surface area contributed by atoms with Crippen LogP contribution < -0.4 is 10.6 Å². The van der Waals surface area contributed by atoms with Crippen LogP contribution in [-0.2, 0) is 4.79 Å². The lowest BCUT2D eigenvalue weighted by atomic mass is 10.1. The number of likely N-dealkylation sites (tertiary alicyclic amines) is 1. The molecule has 2 aromatic rings. The number of carbonyl (C=O) groups is 1. The van der Waals surface area contributed by atoms with Crippen molar-refractivity contribution in [3.05, 3.63) is 29.4 Å². The van der Waals surface area contributed by atoms with Crippen LogP contribution in [0.3, 0.4) is 0 Å². The fourth-order valence-electron chi connectivity index (χ4n) is 2.69. The summed E-state index contributed by atoms with van der Waals surface area (Å²) in [5, 5.41) is 14.2. The summed E-state index contributed by atoms with van der Waals surface area (Å²) in [5.74, 6) is 1.42. The highest BCUT2D eigenvalue weighted by Crippen LogP contribution is 2.17. The number of hydrogen-bond acceptors (Lipinski definition) is 7. The summed E-state index contributed by atoms with van der Waals surface area (Å²) < 4.78 is 0. The van der Waals surface area contributed by atoms with Gasteiger partial charge in [-0.15, -0.1) is 10.2 Å². The van der Waals surface area contributed by atoms with E-state index >= 15 is 0 Å². The van der Waals surface area contributed by atoms with E-state index in [4.69, 9.17) is 0 Å². The van der Waals surface area contributed by atoms with Crippen molar-refractivity contribution in [2.75, 3.05) is 36.8 Å². The van der Waals surface area contributed by atoms with Gasteiger partial charge in [-0.05, 0) is 43.5 Å².